The smallest absolute Gasteiger partial charge is 0.235 e. The molecule has 0 bridgehead atoms. The lowest BCUT2D eigenvalue weighted by atomic mass is 10.2. The first kappa shape index (κ1) is 7.46. The van der Waals surface area contributed by atoms with Crippen molar-refractivity contribution in [3.05, 3.63) is 6.20 Å². The number of nitrogen functional groups attached to an aromatic ring is 1. The van der Waals surface area contributed by atoms with Gasteiger partial charge in [0, 0.05) is 6.54 Å². The van der Waals surface area contributed by atoms with E-state index in [4.69, 9.17) is 10.5 Å². The zero-order chi connectivity index (χ0) is 8.55. The first-order chi connectivity index (χ1) is 5.77. The molecule has 0 radical (unpaired) electrons. The number of anilines is 1. The molecule has 1 atom stereocenters. The normalized spacial score (nSPS) is 22.6. The molecule has 2 heterocycles. The topological polar surface area (TPSA) is 53.1 Å². The number of rotatable bonds is 0. The maximum Gasteiger partial charge on any atom is 0.235 e. The summed E-state index contributed by atoms with van der Waals surface area (Å²) in [7, 11) is 0. The van der Waals surface area contributed by atoms with Crippen LogP contribution in [0.4, 0.5) is 5.69 Å². The third kappa shape index (κ3) is 1.13. The molecule has 12 heavy (non-hydrogen) atoms. The molecule has 1 aliphatic heterocycles. The number of ether oxygens (including phenoxy) is 1. The van der Waals surface area contributed by atoms with Gasteiger partial charge in [0.25, 0.3) is 0 Å². The number of hydrogen-bond acceptors (Lipinski definition) is 3. The van der Waals surface area contributed by atoms with Gasteiger partial charge in [0.15, 0.2) is 0 Å². The molecule has 4 nitrogen and oxygen atoms in total. The van der Waals surface area contributed by atoms with E-state index in [9.17, 15) is 0 Å². The molecule has 1 aromatic heterocycles. The molecule has 0 saturated heterocycles. The molecule has 0 amide bonds. The van der Waals surface area contributed by atoms with Gasteiger partial charge in [-0.05, 0) is 19.8 Å². The van der Waals surface area contributed by atoms with Crippen LogP contribution in [-0.4, -0.2) is 15.9 Å². The fraction of sp³-hybridized carbons (Fsp3) is 0.625. The Bertz CT molecular complexity index is 282. The van der Waals surface area contributed by atoms with E-state index in [1.807, 2.05) is 4.68 Å². The molecule has 1 unspecified atom stereocenters. The Morgan fingerprint density at radius 2 is 2.58 bits per heavy atom. The van der Waals surface area contributed by atoms with Crippen LogP contribution in [0.25, 0.3) is 0 Å². The van der Waals surface area contributed by atoms with Crippen molar-refractivity contribution in [3.63, 3.8) is 0 Å². The van der Waals surface area contributed by atoms with E-state index >= 15 is 0 Å². The summed E-state index contributed by atoms with van der Waals surface area (Å²) in [6.45, 7) is 2.97. The van der Waals surface area contributed by atoms with Crippen LogP contribution in [0.1, 0.15) is 19.8 Å². The minimum Gasteiger partial charge on any atom is -0.473 e. The zero-order valence-corrected chi connectivity index (χ0v) is 7.16. The minimum absolute atomic E-state index is 0.255. The second-order valence-corrected chi connectivity index (χ2v) is 3.20. The molecular formula is C8H13N3O. The van der Waals surface area contributed by atoms with E-state index in [-0.39, 0.29) is 6.10 Å². The third-order valence-corrected chi connectivity index (χ3v) is 2.11. The summed E-state index contributed by atoms with van der Waals surface area (Å²) in [6.07, 6.45) is 4.08. The average molecular weight is 167 g/mol. The number of aryl methyl sites for hydroxylation is 1. The second kappa shape index (κ2) is 2.69. The van der Waals surface area contributed by atoms with Crippen molar-refractivity contribution in [2.24, 2.45) is 0 Å². The Morgan fingerprint density at radius 1 is 1.75 bits per heavy atom. The summed E-state index contributed by atoms with van der Waals surface area (Å²) < 4.78 is 7.44. The predicted octanol–water partition coefficient (Wildman–Crippen LogP) is 1.03. The molecule has 2 rings (SSSR count). The largest absolute Gasteiger partial charge is 0.473 e. The standard InChI is InChI=1S/C8H13N3O/c1-6-3-2-4-11-8(12-6)7(9)5-10-11/h5-6H,2-4,9H2,1H3. The molecule has 0 aliphatic carbocycles. The van der Waals surface area contributed by atoms with Crippen LogP contribution in [0.2, 0.25) is 0 Å². The van der Waals surface area contributed by atoms with Crippen molar-refractivity contribution in [1.82, 2.24) is 9.78 Å². The van der Waals surface area contributed by atoms with Crippen LogP contribution in [-0.2, 0) is 6.54 Å². The lowest BCUT2D eigenvalue weighted by Crippen LogP contribution is -2.10. The number of fused-ring (bicyclic) bond motifs is 1. The predicted molar refractivity (Wildman–Crippen MR) is 46.0 cm³/mol. The summed E-state index contributed by atoms with van der Waals surface area (Å²) in [6, 6.07) is 0. The van der Waals surface area contributed by atoms with Gasteiger partial charge in [0.2, 0.25) is 5.88 Å². The quantitative estimate of drug-likeness (QED) is 0.627. The Balaban J connectivity index is 2.33. The Morgan fingerprint density at radius 3 is 3.42 bits per heavy atom. The molecule has 0 saturated carbocycles. The van der Waals surface area contributed by atoms with Crippen molar-refractivity contribution in [1.29, 1.82) is 0 Å². The van der Waals surface area contributed by atoms with E-state index in [1.54, 1.807) is 6.20 Å². The van der Waals surface area contributed by atoms with Crippen molar-refractivity contribution in [3.8, 4) is 5.88 Å². The van der Waals surface area contributed by atoms with Gasteiger partial charge < -0.3 is 10.5 Å². The summed E-state index contributed by atoms with van der Waals surface area (Å²) in [5.74, 6) is 0.736. The molecule has 1 aliphatic rings. The Hall–Kier alpha value is -1.19. The first-order valence-corrected chi connectivity index (χ1v) is 4.25. The van der Waals surface area contributed by atoms with Crippen LogP contribution in [0, 0.1) is 0 Å². The molecule has 0 aromatic carbocycles. The molecule has 2 N–H and O–H groups in total. The highest BCUT2D eigenvalue weighted by Crippen LogP contribution is 2.25. The number of aromatic nitrogens is 2. The van der Waals surface area contributed by atoms with E-state index in [1.165, 1.54) is 0 Å². The molecule has 0 spiro atoms. The number of nitrogens with zero attached hydrogens (tertiary/aromatic N) is 2. The van der Waals surface area contributed by atoms with Gasteiger partial charge in [-0.25, -0.2) is 4.68 Å². The fourth-order valence-electron chi connectivity index (χ4n) is 1.45. The summed E-state index contributed by atoms with van der Waals surface area (Å²) in [4.78, 5) is 0. The minimum atomic E-state index is 0.255. The third-order valence-electron chi connectivity index (χ3n) is 2.11. The van der Waals surface area contributed by atoms with Crippen molar-refractivity contribution >= 4 is 5.69 Å². The highest BCUT2D eigenvalue weighted by Gasteiger charge is 2.16. The van der Waals surface area contributed by atoms with E-state index in [0.717, 1.165) is 25.3 Å². The van der Waals surface area contributed by atoms with Gasteiger partial charge in [-0.1, -0.05) is 0 Å². The van der Waals surface area contributed by atoms with Crippen molar-refractivity contribution < 1.29 is 4.74 Å². The number of hydrogen-bond donors (Lipinski definition) is 1. The lowest BCUT2D eigenvalue weighted by molar-refractivity contribution is 0.209. The fourth-order valence-corrected chi connectivity index (χ4v) is 1.45. The van der Waals surface area contributed by atoms with Gasteiger partial charge in [-0.15, -0.1) is 0 Å². The summed E-state index contributed by atoms with van der Waals surface area (Å²) in [5, 5.41) is 4.12. The molecule has 0 fully saturated rings. The van der Waals surface area contributed by atoms with Crippen LogP contribution >= 0.6 is 0 Å². The summed E-state index contributed by atoms with van der Waals surface area (Å²) >= 11 is 0. The molecule has 1 aromatic rings. The van der Waals surface area contributed by atoms with Gasteiger partial charge in [-0.3, -0.25) is 0 Å². The number of nitrogens with two attached hydrogens (primary N) is 1. The zero-order valence-electron chi connectivity index (χ0n) is 7.16. The average Bonchev–Trinajstić information content (AvgIpc) is 2.31. The Labute approximate surface area is 71.3 Å². The van der Waals surface area contributed by atoms with Gasteiger partial charge in [0.1, 0.15) is 5.69 Å². The summed E-state index contributed by atoms with van der Waals surface area (Å²) in [5.41, 5.74) is 6.33. The highest BCUT2D eigenvalue weighted by atomic mass is 16.5. The maximum absolute atomic E-state index is 5.68. The van der Waals surface area contributed by atoms with Crippen molar-refractivity contribution in [2.45, 2.75) is 32.4 Å². The first-order valence-electron chi connectivity index (χ1n) is 4.25. The van der Waals surface area contributed by atoms with Crippen LogP contribution in [0.5, 0.6) is 5.88 Å². The van der Waals surface area contributed by atoms with Crippen LogP contribution in [0.3, 0.4) is 0 Å². The molecular weight excluding hydrogens is 154 g/mol. The van der Waals surface area contributed by atoms with Crippen molar-refractivity contribution in [2.75, 3.05) is 5.73 Å². The van der Waals surface area contributed by atoms with Gasteiger partial charge in [0.05, 0.1) is 12.3 Å². The monoisotopic (exact) mass is 167 g/mol. The van der Waals surface area contributed by atoms with Gasteiger partial charge >= 0.3 is 0 Å². The molecule has 66 valence electrons. The van der Waals surface area contributed by atoms with E-state index in [0.29, 0.717) is 5.69 Å². The Kier molecular flexibility index (Phi) is 1.67. The molecule has 4 heteroatoms. The highest BCUT2D eigenvalue weighted by molar-refractivity contribution is 5.46. The van der Waals surface area contributed by atoms with Crippen LogP contribution in [0.15, 0.2) is 6.20 Å². The van der Waals surface area contributed by atoms with E-state index in [2.05, 4.69) is 12.0 Å². The van der Waals surface area contributed by atoms with E-state index < -0.39 is 0 Å². The second-order valence-electron chi connectivity index (χ2n) is 3.20. The SMILES string of the molecule is CC1CCCn2ncc(N)c2O1. The lowest BCUT2D eigenvalue weighted by Gasteiger charge is -2.09. The maximum atomic E-state index is 5.68. The van der Waals surface area contributed by atoms with Gasteiger partial charge in [-0.2, -0.15) is 5.10 Å². The van der Waals surface area contributed by atoms with Crippen LogP contribution < -0.4 is 10.5 Å².